The Kier molecular flexibility index (Phi) is 7.68. The van der Waals surface area contributed by atoms with Crippen molar-refractivity contribution in [3.05, 3.63) is 65.5 Å². The first-order chi connectivity index (χ1) is 12.1. The van der Waals surface area contributed by atoms with Crippen molar-refractivity contribution in [1.82, 2.24) is 15.6 Å². The molecule has 1 heterocycles. The van der Waals surface area contributed by atoms with Gasteiger partial charge in [0, 0.05) is 17.5 Å². The second kappa shape index (κ2) is 10.00. The number of amides is 1. The number of thioether (sulfide) groups is 1. The van der Waals surface area contributed by atoms with Crippen LogP contribution in [0, 0.1) is 0 Å². The SMILES string of the molecule is CNC(O)c1cccnc1CSC(N)NC(=O)OCc1ccccc1. The van der Waals surface area contributed by atoms with Crippen molar-refractivity contribution in [2.75, 3.05) is 7.05 Å². The number of carbonyl (C=O) groups is 1. The first-order valence-corrected chi connectivity index (χ1v) is 8.78. The van der Waals surface area contributed by atoms with Crippen LogP contribution in [0.4, 0.5) is 4.79 Å². The third-order valence-electron chi connectivity index (χ3n) is 3.37. The molecule has 0 fully saturated rings. The molecule has 0 saturated heterocycles. The van der Waals surface area contributed by atoms with E-state index in [9.17, 15) is 9.90 Å². The molecular formula is C17H22N4O3S. The van der Waals surface area contributed by atoms with Gasteiger partial charge in [-0.1, -0.05) is 36.4 Å². The second-order valence-corrected chi connectivity index (χ2v) is 6.30. The first kappa shape index (κ1) is 19.2. The highest BCUT2D eigenvalue weighted by Gasteiger charge is 2.14. The molecule has 1 aromatic carbocycles. The lowest BCUT2D eigenvalue weighted by Crippen LogP contribution is -2.39. The molecule has 2 unspecified atom stereocenters. The Morgan fingerprint density at radius 1 is 1.32 bits per heavy atom. The van der Waals surface area contributed by atoms with E-state index >= 15 is 0 Å². The number of aromatic nitrogens is 1. The van der Waals surface area contributed by atoms with E-state index < -0.39 is 17.8 Å². The molecule has 0 aliphatic carbocycles. The van der Waals surface area contributed by atoms with Crippen molar-refractivity contribution in [2.45, 2.75) is 24.1 Å². The minimum Gasteiger partial charge on any atom is -0.445 e. The third kappa shape index (κ3) is 6.35. The molecule has 7 nitrogen and oxygen atoms in total. The Balaban J connectivity index is 1.79. The molecule has 0 aliphatic heterocycles. The van der Waals surface area contributed by atoms with Gasteiger partial charge in [0.2, 0.25) is 0 Å². The van der Waals surface area contributed by atoms with E-state index in [1.807, 2.05) is 30.3 Å². The van der Waals surface area contributed by atoms with E-state index in [1.54, 1.807) is 25.4 Å². The van der Waals surface area contributed by atoms with Gasteiger partial charge in [0.15, 0.2) is 0 Å². The van der Waals surface area contributed by atoms with Crippen LogP contribution in [0.1, 0.15) is 23.0 Å². The molecule has 2 rings (SSSR count). The lowest BCUT2D eigenvalue weighted by atomic mass is 10.2. The Hall–Kier alpha value is -2.13. The van der Waals surface area contributed by atoms with Crippen molar-refractivity contribution < 1.29 is 14.6 Å². The number of nitrogens with two attached hydrogens (primary N) is 1. The zero-order chi connectivity index (χ0) is 18.1. The minimum atomic E-state index is -0.802. The molecule has 0 radical (unpaired) electrons. The minimum absolute atomic E-state index is 0.183. The average Bonchev–Trinajstić information content (AvgIpc) is 2.65. The molecule has 8 heteroatoms. The highest BCUT2D eigenvalue weighted by atomic mass is 32.2. The molecule has 0 bridgehead atoms. The number of pyridine rings is 1. The van der Waals surface area contributed by atoms with Gasteiger partial charge >= 0.3 is 6.09 Å². The van der Waals surface area contributed by atoms with E-state index in [1.165, 1.54) is 11.8 Å². The molecule has 0 saturated carbocycles. The number of rotatable bonds is 8. The van der Waals surface area contributed by atoms with Crippen molar-refractivity contribution >= 4 is 17.9 Å². The van der Waals surface area contributed by atoms with Gasteiger partial charge < -0.3 is 15.6 Å². The van der Waals surface area contributed by atoms with Gasteiger partial charge in [-0.15, -0.1) is 11.8 Å². The summed E-state index contributed by atoms with van der Waals surface area (Å²) in [6.45, 7) is 0.183. The molecule has 1 amide bonds. The Morgan fingerprint density at radius 2 is 2.08 bits per heavy atom. The highest BCUT2D eigenvalue weighted by molar-refractivity contribution is 7.99. The Labute approximate surface area is 151 Å². The molecule has 2 atom stereocenters. The van der Waals surface area contributed by atoms with E-state index in [4.69, 9.17) is 10.5 Å². The van der Waals surface area contributed by atoms with Gasteiger partial charge in [0.1, 0.15) is 18.3 Å². The van der Waals surface area contributed by atoms with E-state index in [2.05, 4.69) is 15.6 Å². The Bertz CT molecular complexity index is 672. The van der Waals surface area contributed by atoms with Crippen LogP contribution in [0.5, 0.6) is 0 Å². The van der Waals surface area contributed by atoms with Gasteiger partial charge in [0.25, 0.3) is 0 Å². The molecule has 0 aliphatic rings. The fraction of sp³-hybridized carbons (Fsp3) is 0.294. The number of carbonyl (C=O) groups excluding carboxylic acids is 1. The summed E-state index contributed by atoms with van der Waals surface area (Å²) in [6.07, 6.45) is 0.263. The maximum atomic E-state index is 11.8. The van der Waals surface area contributed by atoms with Crippen molar-refractivity contribution in [1.29, 1.82) is 0 Å². The van der Waals surface area contributed by atoms with E-state index in [0.717, 1.165) is 5.56 Å². The number of aliphatic hydroxyl groups is 1. The van der Waals surface area contributed by atoms with E-state index in [0.29, 0.717) is 17.0 Å². The van der Waals surface area contributed by atoms with Crippen LogP contribution in [0.25, 0.3) is 0 Å². The number of hydrogen-bond donors (Lipinski definition) is 4. The predicted octanol–water partition coefficient (Wildman–Crippen LogP) is 1.69. The van der Waals surface area contributed by atoms with Crippen LogP contribution in [0.2, 0.25) is 0 Å². The van der Waals surface area contributed by atoms with Crippen LogP contribution in [-0.4, -0.2) is 28.7 Å². The zero-order valence-electron chi connectivity index (χ0n) is 13.9. The molecule has 1 aromatic heterocycles. The number of aliphatic hydroxyl groups excluding tert-OH is 1. The number of nitrogens with zero attached hydrogens (tertiary/aromatic N) is 1. The summed E-state index contributed by atoms with van der Waals surface area (Å²) in [7, 11) is 1.66. The zero-order valence-corrected chi connectivity index (χ0v) is 14.7. The standard InChI is InChI=1S/C17H22N4O3S/c1-19-15(22)13-8-5-9-20-14(13)11-25-16(18)21-17(23)24-10-12-6-3-2-4-7-12/h2-9,15-16,19,22H,10-11,18H2,1H3,(H,21,23). The molecule has 134 valence electrons. The van der Waals surface area contributed by atoms with Crippen LogP contribution in [-0.2, 0) is 17.1 Å². The van der Waals surface area contributed by atoms with Crippen LogP contribution >= 0.6 is 11.8 Å². The molecule has 0 spiro atoms. The van der Waals surface area contributed by atoms with Gasteiger partial charge in [-0.25, -0.2) is 4.79 Å². The van der Waals surface area contributed by atoms with Crippen LogP contribution < -0.4 is 16.4 Å². The van der Waals surface area contributed by atoms with Crippen molar-refractivity contribution in [3.8, 4) is 0 Å². The molecule has 25 heavy (non-hydrogen) atoms. The number of hydrogen-bond acceptors (Lipinski definition) is 7. The Morgan fingerprint density at radius 3 is 2.80 bits per heavy atom. The topological polar surface area (TPSA) is 110 Å². The molecule has 5 N–H and O–H groups in total. The first-order valence-electron chi connectivity index (χ1n) is 7.73. The van der Waals surface area contributed by atoms with Gasteiger partial charge in [-0.3, -0.25) is 15.6 Å². The van der Waals surface area contributed by atoms with Crippen LogP contribution in [0.3, 0.4) is 0 Å². The van der Waals surface area contributed by atoms with Crippen LogP contribution in [0.15, 0.2) is 48.7 Å². The smallest absolute Gasteiger partial charge is 0.409 e. The van der Waals surface area contributed by atoms with E-state index in [-0.39, 0.29) is 6.61 Å². The monoisotopic (exact) mass is 362 g/mol. The third-order valence-corrected chi connectivity index (χ3v) is 4.28. The summed E-state index contributed by atoms with van der Waals surface area (Å²) in [5, 5.41) is 15.2. The summed E-state index contributed by atoms with van der Waals surface area (Å²) in [4.78, 5) is 16.0. The predicted molar refractivity (Wildman–Crippen MR) is 97.3 cm³/mol. The maximum absolute atomic E-state index is 11.8. The largest absolute Gasteiger partial charge is 0.445 e. The summed E-state index contributed by atoms with van der Waals surface area (Å²) >= 11 is 1.29. The molecular weight excluding hydrogens is 340 g/mol. The van der Waals surface area contributed by atoms with Gasteiger partial charge in [-0.2, -0.15) is 0 Å². The highest BCUT2D eigenvalue weighted by Crippen LogP contribution is 2.19. The van der Waals surface area contributed by atoms with Crippen molar-refractivity contribution in [3.63, 3.8) is 0 Å². The summed E-state index contributed by atoms with van der Waals surface area (Å²) < 4.78 is 5.12. The lowest BCUT2D eigenvalue weighted by Gasteiger charge is -2.16. The van der Waals surface area contributed by atoms with Gasteiger partial charge in [-0.05, 0) is 18.7 Å². The quantitative estimate of drug-likeness (QED) is 0.529. The second-order valence-electron chi connectivity index (χ2n) is 5.17. The fourth-order valence-electron chi connectivity index (χ4n) is 2.07. The average molecular weight is 362 g/mol. The number of alkyl carbamates (subject to hydrolysis) is 1. The number of ether oxygens (including phenoxy) is 1. The fourth-order valence-corrected chi connectivity index (χ4v) is 2.83. The number of benzene rings is 1. The summed E-state index contributed by atoms with van der Waals surface area (Å²) in [5.41, 5.74) is 7.52. The van der Waals surface area contributed by atoms with Gasteiger partial charge in [0.05, 0.1) is 5.69 Å². The molecule has 2 aromatic rings. The van der Waals surface area contributed by atoms with Crippen molar-refractivity contribution in [2.24, 2.45) is 5.73 Å². The number of nitrogens with one attached hydrogen (secondary N) is 2. The normalized spacial score (nSPS) is 13.1. The summed E-state index contributed by atoms with van der Waals surface area (Å²) in [5.74, 6) is 0.440. The summed E-state index contributed by atoms with van der Waals surface area (Å²) in [6, 6.07) is 12.9. The maximum Gasteiger partial charge on any atom is 0.409 e. The lowest BCUT2D eigenvalue weighted by molar-refractivity contribution is 0.139.